The number of hydrogen-bond donors (Lipinski definition) is 1. The summed E-state index contributed by atoms with van der Waals surface area (Å²) in [6.07, 6.45) is 1.57. The Labute approximate surface area is 128 Å². The summed E-state index contributed by atoms with van der Waals surface area (Å²) < 4.78 is 9.79. The lowest BCUT2D eigenvalue weighted by Gasteiger charge is -2.09. The minimum Gasteiger partial charge on any atom is -0.504 e. The Bertz CT molecular complexity index is 702. The van der Waals surface area contributed by atoms with Gasteiger partial charge < -0.3 is 19.5 Å². The first-order chi connectivity index (χ1) is 10.4. The molecule has 22 heavy (non-hydrogen) atoms. The van der Waals surface area contributed by atoms with Crippen LogP contribution in [0.15, 0.2) is 35.0 Å². The Morgan fingerprint density at radius 2 is 2.00 bits per heavy atom. The van der Waals surface area contributed by atoms with Crippen molar-refractivity contribution in [3.8, 4) is 11.5 Å². The second-order valence-electron chi connectivity index (χ2n) is 4.81. The quantitative estimate of drug-likeness (QED) is 0.679. The molecule has 0 aromatic heterocycles. The van der Waals surface area contributed by atoms with Crippen molar-refractivity contribution in [3.63, 3.8) is 0 Å². The number of methoxy groups -OCH3 is 2. The van der Waals surface area contributed by atoms with Crippen molar-refractivity contribution >= 4 is 18.0 Å². The maximum atomic E-state index is 12.3. The molecule has 1 aromatic carbocycles. The van der Waals surface area contributed by atoms with Crippen LogP contribution in [0.3, 0.4) is 0 Å². The average Bonchev–Trinajstić information content (AvgIpc) is 2.73. The lowest BCUT2D eigenvalue weighted by Crippen LogP contribution is -2.19. The first-order valence-corrected chi connectivity index (χ1v) is 6.57. The topological polar surface area (TPSA) is 76.1 Å². The van der Waals surface area contributed by atoms with Gasteiger partial charge in [-0.25, -0.2) is 4.79 Å². The maximum absolute atomic E-state index is 12.3. The third-order valence-corrected chi connectivity index (χ3v) is 3.57. The highest BCUT2D eigenvalue weighted by Crippen LogP contribution is 2.32. The largest absolute Gasteiger partial charge is 0.504 e. The number of benzene rings is 1. The molecule has 0 atom stereocenters. The van der Waals surface area contributed by atoms with Crippen molar-refractivity contribution in [2.45, 2.75) is 6.92 Å². The summed E-state index contributed by atoms with van der Waals surface area (Å²) in [5.74, 6) is -0.565. The number of nitrogens with zero attached hydrogens (tertiary/aromatic N) is 1. The van der Waals surface area contributed by atoms with Gasteiger partial charge in [0, 0.05) is 12.7 Å². The maximum Gasteiger partial charge on any atom is 0.340 e. The average molecular weight is 303 g/mol. The first kappa shape index (κ1) is 15.6. The van der Waals surface area contributed by atoms with E-state index in [2.05, 4.69) is 0 Å². The van der Waals surface area contributed by atoms with Crippen LogP contribution in [0.1, 0.15) is 12.5 Å². The Kier molecular flexibility index (Phi) is 4.21. The first-order valence-electron chi connectivity index (χ1n) is 6.57. The van der Waals surface area contributed by atoms with Gasteiger partial charge in [-0.1, -0.05) is 6.07 Å². The van der Waals surface area contributed by atoms with Crippen molar-refractivity contribution < 1.29 is 24.2 Å². The third-order valence-electron chi connectivity index (χ3n) is 3.57. The number of phenols is 1. The molecule has 0 saturated heterocycles. The zero-order valence-electron chi connectivity index (χ0n) is 12.8. The standard InChI is InChI=1S/C16H17NO5/c1-9-14(16(20)22-4)11(15(19)17(9)2)7-10-5-6-12(18)13(8-10)21-3/h5-8,18H,1-4H3/b11-7-. The predicted molar refractivity (Wildman–Crippen MR) is 80.1 cm³/mol. The van der Waals surface area contributed by atoms with Gasteiger partial charge in [0.2, 0.25) is 0 Å². The van der Waals surface area contributed by atoms with Gasteiger partial charge in [0.05, 0.1) is 25.4 Å². The van der Waals surface area contributed by atoms with E-state index in [1.54, 1.807) is 32.2 Å². The van der Waals surface area contributed by atoms with Gasteiger partial charge in [0.1, 0.15) is 0 Å². The number of phenolic OH excluding ortho intramolecular Hbond substituents is 1. The van der Waals surface area contributed by atoms with Crippen molar-refractivity contribution in [1.82, 2.24) is 4.90 Å². The SMILES string of the molecule is COC(=O)C1=C(C)N(C)C(=O)/C1=C\c1ccc(O)c(OC)c1. The molecule has 0 unspecified atom stereocenters. The van der Waals surface area contributed by atoms with Crippen LogP contribution in [0.4, 0.5) is 0 Å². The molecule has 6 heteroatoms. The minimum absolute atomic E-state index is 0.000527. The highest BCUT2D eigenvalue weighted by Gasteiger charge is 2.34. The highest BCUT2D eigenvalue weighted by molar-refractivity contribution is 6.16. The van der Waals surface area contributed by atoms with Crippen LogP contribution in [-0.2, 0) is 14.3 Å². The van der Waals surface area contributed by atoms with Gasteiger partial charge in [0.15, 0.2) is 11.5 Å². The van der Waals surface area contributed by atoms with E-state index in [4.69, 9.17) is 9.47 Å². The summed E-state index contributed by atoms with van der Waals surface area (Å²) in [6.45, 7) is 1.68. The van der Waals surface area contributed by atoms with Crippen LogP contribution in [0, 0.1) is 0 Å². The smallest absolute Gasteiger partial charge is 0.340 e. The summed E-state index contributed by atoms with van der Waals surface area (Å²) in [6, 6.07) is 4.67. The Morgan fingerprint density at radius 3 is 2.59 bits per heavy atom. The number of likely N-dealkylation sites (N-methyl/N-ethyl adjacent to an activating group) is 1. The second kappa shape index (κ2) is 5.93. The number of rotatable bonds is 3. The number of esters is 1. The lowest BCUT2D eigenvalue weighted by atomic mass is 10.0. The molecule has 0 saturated carbocycles. The van der Waals surface area contributed by atoms with Crippen LogP contribution in [0.25, 0.3) is 6.08 Å². The Morgan fingerprint density at radius 1 is 1.32 bits per heavy atom. The third kappa shape index (κ3) is 2.55. The molecule has 2 rings (SSSR count). The van der Waals surface area contributed by atoms with Gasteiger partial charge >= 0.3 is 5.97 Å². The van der Waals surface area contributed by atoms with Crippen molar-refractivity contribution in [3.05, 3.63) is 40.6 Å². The molecule has 1 aliphatic rings. The molecular formula is C16H17NO5. The van der Waals surface area contributed by atoms with Crippen molar-refractivity contribution in [2.24, 2.45) is 0 Å². The van der Waals surface area contributed by atoms with Crippen LogP contribution in [-0.4, -0.2) is 43.2 Å². The van der Waals surface area contributed by atoms with E-state index < -0.39 is 5.97 Å². The zero-order chi connectivity index (χ0) is 16.4. The number of hydrogen-bond acceptors (Lipinski definition) is 5. The van der Waals surface area contributed by atoms with E-state index in [9.17, 15) is 14.7 Å². The minimum atomic E-state index is -0.563. The van der Waals surface area contributed by atoms with E-state index in [0.717, 1.165) is 0 Å². The van der Waals surface area contributed by atoms with E-state index in [1.807, 2.05) is 0 Å². The second-order valence-corrected chi connectivity index (χ2v) is 4.81. The Balaban J connectivity index is 2.54. The fraction of sp³-hybridized carbons (Fsp3) is 0.250. The Hall–Kier alpha value is -2.76. The normalized spacial score (nSPS) is 16.5. The summed E-state index contributed by atoms with van der Waals surface area (Å²) in [7, 11) is 4.30. The molecule has 0 radical (unpaired) electrons. The van der Waals surface area contributed by atoms with Gasteiger partial charge in [0.25, 0.3) is 5.91 Å². The van der Waals surface area contributed by atoms with E-state index in [-0.39, 0.29) is 28.6 Å². The number of allylic oxidation sites excluding steroid dienone is 1. The molecule has 1 heterocycles. The molecule has 1 aromatic rings. The highest BCUT2D eigenvalue weighted by atomic mass is 16.5. The van der Waals surface area contributed by atoms with Crippen LogP contribution >= 0.6 is 0 Å². The fourth-order valence-corrected chi connectivity index (χ4v) is 2.25. The van der Waals surface area contributed by atoms with Crippen LogP contribution < -0.4 is 4.74 Å². The van der Waals surface area contributed by atoms with Crippen LogP contribution in [0.2, 0.25) is 0 Å². The van der Waals surface area contributed by atoms with Gasteiger partial charge in [-0.15, -0.1) is 0 Å². The van der Waals surface area contributed by atoms with Crippen molar-refractivity contribution in [2.75, 3.05) is 21.3 Å². The molecule has 0 fully saturated rings. The monoisotopic (exact) mass is 303 g/mol. The van der Waals surface area contributed by atoms with E-state index >= 15 is 0 Å². The van der Waals surface area contributed by atoms with Crippen molar-refractivity contribution in [1.29, 1.82) is 0 Å². The van der Waals surface area contributed by atoms with Gasteiger partial charge in [-0.3, -0.25) is 4.79 Å². The number of aromatic hydroxyl groups is 1. The molecule has 1 amide bonds. The van der Waals surface area contributed by atoms with Crippen LogP contribution in [0.5, 0.6) is 11.5 Å². The molecule has 0 bridgehead atoms. The molecule has 1 aliphatic heterocycles. The molecular weight excluding hydrogens is 286 g/mol. The van der Waals surface area contributed by atoms with E-state index in [1.165, 1.54) is 25.2 Å². The molecule has 0 spiro atoms. The predicted octanol–water partition coefficient (Wildman–Crippen LogP) is 1.70. The summed E-state index contributed by atoms with van der Waals surface area (Å²) >= 11 is 0. The molecule has 116 valence electrons. The van der Waals surface area contributed by atoms with E-state index in [0.29, 0.717) is 11.3 Å². The van der Waals surface area contributed by atoms with Gasteiger partial charge in [-0.2, -0.15) is 0 Å². The number of amides is 1. The number of carbonyl (C=O) groups is 2. The van der Waals surface area contributed by atoms with Gasteiger partial charge in [-0.05, 0) is 30.7 Å². The number of carbonyl (C=O) groups excluding carboxylic acids is 2. The molecule has 6 nitrogen and oxygen atoms in total. The summed E-state index contributed by atoms with van der Waals surface area (Å²) in [5, 5.41) is 9.61. The summed E-state index contributed by atoms with van der Waals surface area (Å²) in [4.78, 5) is 25.6. The fourth-order valence-electron chi connectivity index (χ4n) is 2.25. The number of ether oxygens (including phenoxy) is 2. The molecule has 0 aliphatic carbocycles. The zero-order valence-corrected chi connectivity index (χ0v) is 12.8. The molecule has 1 N–H and O–H groups in total. The summed E-state index contributed by atoms with van der Waals surface area (Å²) in [5.41, 5.74) is 1.65. The lowest BCUT2D eigenvalue weighted by molar-refractivity contribution is -0.136.